The van der Waals surface area contributed by atoms with E-state index in [0.717, 1.165) is 17.2 Å². The molecule has 1 saturated carbocycles. The second kappa shape index (κ2) is 4.08. The van der Waals surface area contributed by atoms with Crippen molar-refractivity contribution in [1.82, 2.24) is 5.43 Å². The summed E-state index contributed by atoms with van der Waals surface area (Å²) in [6.45, 7) is 2.07. The highest BCUT2D eigenvalue weighted by molar-refractivity contribution is 5.55. The van der Waals surface area contributed by atoms with Crippen LogP contribution in [0.5, 0.6) is 5.75 Å². The number of nitrogens with one attached hydrogen (secondary N) is 1. The van der Waals surface area contributed by atoms with E-state index in [4.69, 9.17) is 4.74 Å². The summed E-state index contributed by atoms with van der Waals surface area (Å²) in [5.74, 6) is 1.78. The van der Waals surface area contributed by atoms with Crippen LogP contribution in [0.1, 0.15) is 18.4 Å². The maximum atomic E-state index is 5.28. The van der Waals surface area contributed by atoms with E-state index >= 15 is 0 Å². The molecule has 0 spiro atoms. The molecule has 3 nitrogen and oxygen atoms in total. The summed E-state index contributed by atoms with van der Waals surface area (Å²) < 4.78 is 5.28. The lowest BCUT2D eigenvalue weighted by Crippen LogP contribution is -2.36. The first-order valence-electron chi connectivity index (χ1n) is 6.16. The van der Waals surface area contributed by atoms with Gasteiger partial charge in [0.1, 0.15) is 5.75 Å². The first-order valence-corrected chi connectivity index (χ1v) is 6.16. The summed E-state index contributed by atoms with van der Waals surface area (Å²) >= 11 is 0. The van der Waals surface area contributed by atoms with Crippen LogP contribution < -0.4 is 15.2 Å². The minimum atomic E-state index is 0.525. The van der Waals surface area contributed by atoms with Crippen LogP contribution in [0.15, 0.2) is 30.5 Å². The van der Waals surface area contributed by atoms with Gasteiger partial charge in [-0.25, -0.2) is 5.43 Å². The van der Waals surface area contributed by atoms with Crippen LogP contribution in [0.2, 0.25) is 0 Å². The maximum Gasteiger partial charge on any atom is 0.121 e. The quantitative estimate of drug-likeness (QED) is 0.864. The van der Waals surface area contributed by atoms with Crippen molar-refractivity contribution in [2.75, 3.05) is 12.1 Å². The van der Waals surface area contributed by atoms with E-state index in [0.29, 0.717) is 6.04 Å². The second-order valence-electron chi connectivity index (χ2n) is 4.86. The van der Waals surface area contributed by atoms with Gasteiger partial charge in [-0.3, -0.25) is 5.01 Å². The number of hydrazine groups is 1. The number of ether oxygens (including phenoxy) is 1. The average Bonchev–Trinajstić information content (AvgIpc) is 3.07. The average molecular weight is 230 g/mol. The van der Waals surface area contributed by atoms with Gasteiger partial charge >= 0.3 is 0 Å². The molecule has 0 amide bonds. The number of benzene rings is 1. The van der Waals surface area contributed by atoms with Crippen LogP contribution in [0.25, 0.3) is 0 Å². The molecule has 0 aromatic heterocycles. The Labute approximate surface area is 102 Å². The fourth-order valence-corrected chi connectivity index (χ4v) is 2.32. The van der Waals surface area contributed by atoms with Crippen molar-refractivity contribution in [3.8, 4) is 5.75 Å². The molecule has 0 radical (unpaired) electrons. The molecule has 1 N–H and O–H groups in total. The van der Waals surface area contributed by atoms with Crippen molar-refractivity contribution < 1.29 is 4.74 Å². The molecular weight excluding hydrogens is 212 g/mol. The fraction of sp³-hybridized carbons (Fsp3) is 0.429. The Bertz CT molecular complexity index is 452. The van der Waals surface area contributed by atoms with Gasteiger partial charge in [-0.05, 0) is 55.5 Å². The van der Waals surface area contributed by atoms with Crippen LogP contribution in [0.3, 0.4) is 0 Å². The van der Waals surface area contributed by atoms with Crippen molar-refractivity contribution in [3.05, 3.63) is 36.0 Å². The Morgan fingerprint density at radius 1 is 1.35 bits per heavy atom. The number of hydrogen-bond donors (Lipinski definition) is 1. The molecule has 1 unspecified atom stereocenters. The Morgan fingerprint density at radius 2 is 2.18 bits per heavy atom. The lowest BCUT2D eigenvalue weighted by atomic mass is 10.2. The van der Waals surface area contributed by atoms with Crippen LogP contribution in [0, 0.1) is 12.8 Å². The molecule has 2 aliphatic rings. The molecule has 1 aliphatic heterocycles. The van der Waals surface area contributed by atoms with Crippen molar-refractivity contribution in [3.63, 3.8) is 0 Å². The van der Waals surface area contributed by atoms with Crippen LogP contribution in [-0.2, 0) is 0 Å². The van der Waals surface area contributed by atoms with Gasteiger partial charge in [0.15, 0.2) is 0 Å². The van der Waals surface area contributed by atoms with Gasteiger partial charge in [0.25, 0.3) is 0 Å². The number of hydrogen-bond acceptors (Lipinski definition) is 3. The molecular formula is C14H18N2O. The van der Waals surface area contributed by atoms with E-state index < -0.39 is 0 Å². The largest absolute Gasteiger partial charge is 0.496 e. The minimum Gasteiger partial charge on any atom is -0.496 e. The summed E-state index contributed by atoms with van der Waals surface area (Å²) in [7, 11) is 1.71. The first-order chi connectivity index (χ1) is 8.28. The third-order valence-electron chi connectivity index (χ3n) is 3.52. The summed E-state index contributed by atoms with van der Waals surface area (Å²) in [6, 6.07) is 6.77. The van der Waals surface area contributed by atoms with Crippen molar-refractivity contribution >= 4 is 5.69 Å². The third-order valence-corrected chi connectivity index (χ3v) is 3.52. The Morgan fingerprint density at radius 3 is 2.82 bits per heavy atom. The molecule has 17 heavy (non-hydrogen) atoms. The SMILES string of the molecule is COc1ccc(N2C=CC(C3CC3)N2)cc1C. The first kappa shape index (κ1) is 10.7. The van der Waals surface area contributed by atoms with Gasteiger partial charge in [-0.1, -0.05) is 0 Å². The van der Waals surface area contributed by atoms with Crippen molar-refractivity contribution in [2.24, 2.45) is 5.92 Å². The van der Waals surface area contributed by atoms with Crippen LogP contribution in [-0.4, -0.2) is 13.2 Å². The van der Waals surface area contributed by atoms with Gasteiger partial charge < -0.3 is 4.74 Å². The van der Waals surface area contributed by atoms with Gasteiger partial charge in [0, 0.05) is 12.2 Å². The summed E-state index contributed by atoms with van der Waals surface area (Å²) in [6.07, 6.45) is 7.11. The molecule has 1 heterocycles. The summed E-state index contributed by atoms with van der Waals surface area (Å²) in [5, 5.41) is 2.11. The Hall–Kier alpha value is -1.48. The zero-order valence-electron chi connectivity index (χ0n) is 10.3. The predicted octanol–water partition coefficient (Wildman–Crippen LogP) is 2.62. The molecule has 0 saturated heterocycles. The molecule has 1 fully saturated rings. The standard InChI is InChI=1S/C14H18N2O/c1-10-9-12(5-6-14(10)17-2)16-8-7-13(15-16)11-3-4-11/h5-9,11,13,15H,3-4H2,1-2H3. The number of rotatable bonds is 3. The van der Waals surface area contributed by atoms with Gasteiger partial charge in [0.05, 0.1) is 12.8 Å². The van der Waals surface area contributed by atoms with E-state index in [1.807, 2.05) is 6.07 Å². The smallest absolute Gasteiger partial charge is 0.121 e. The zero-order chi connectivity index (χ0) is 11.8. The third kappa shape index (κ3) is 2.03. The van der Waals surface area contributed by atoms with Crippen molar-refractivity contribution in [2.45, 2.75) is 25.8 Å². The molecule has 0 bridgehead atoms. The lowest BCUT2D eigenvalue weighted by Gasteiger charge is -2.20. The topological polar surface area (TPSA) is 24.5 Å². The van der Waals surface area contributed by atoms with Gasteiger partial charge in [-0.2, -0.15) is 0 Å². The molecule has 90 valence electrons. The van der Waals surface area contributed by atoms with E-state index in [1.165, 1.54) is 18.5 Å². The Balaban J connectivity index is 1.76. The summed E-state index contributed by atoms with van der Waals surface area (Å²) in [5.41, 5.74) is 5.85. The predicted molar refractivity (Wildman–Crippen MR) is 69.0 cm³/mol. The molecule has 3 rings (SSSR count). The van der Waals surface area contributed by atoms with E-state index in [1.54, 1.807) is 7.11 Å². The van der Waals surface area contributed by atoms with E-state index in [-0.39, 0.29) is 0 Å². The lowest BCUT2D eigenvalue weighted by molar-refractivity contribution is 0.411. The highest BCUT2D eigenvalue weighted by atomic mass is 16.5. The number of anilines is 1. The number of aryl methyl sites for hydroxylation is 1. The van der Waals surface area contributed by atoms with Crippen LogP contribution in [0.4, 0.5) is 5.69 Å². The van der Waals surface area contributed by atoms with E-state index in [2.05, 4.69) is 41.8 Å². The van der Waals surface area contributed by atoms with Gasteiger partial charge in [0.2, 0.25) is 0 Å². The maximum absolute atomic E-state index is 5.28. The normalized spacial score (nSPS) is 23.2. The van der Waals surface area contributed by atoms with Crippen molar-refractivity contribution in [1.29, 1.82) is 0 Å². The molecule has 1 atom stereocenters. The second-order valence-corrected chi connectivity index (χ2v) is 4.86. The molecule has 1 aromatic carbocycles. The zero-order valence-corrected chi connectivity index (χ0v) is 10.3. The Kier molecular flexibility index (Phi) is 2.56. The molecule has 1 aliphatic carbocycles. The minimum absolute atomic E-state index is 0.525. The number of nitrogens with zero attached hydrogens (tertiary/aromatic N) is 1. The molecule has 3 heteroatoms. The highest BCUT2D eigenvalue weighted by Crippen LogP contribution is 2.35. The number of methoxy groups -OCH3 is 1. The fourth-order valence-electron chi connectivity index (χ4n) is 2.32. The summed E-state index contributed by atoms with van der Waals surface area (Å²) in [4.78, 5) is 0. The monoisotopic (exact) mass is 230 g/mol. The highest BCUT2D eigenvalue weighted by Gasteiger charge is 2.32. The van der Waals surface area contributed by atoms with Gasteiger partial charge in [-0.15, -0.1) is 0 Å². The van der Waals surface area contributed by atoms with Crippen LogP contribution >= 0.6 is 0 Å². The van der Waals surface area contributed by atoms with E-state index in [9.17, 15) is 0 Å². The molecule has 1 aromatic rings.